The molecular formula is C17H17Cl2NO4. The van der Waals surface area contributed by atoms with Crippen LogP contribution in [0.3, 0.4) is 0 Å². The number of halogens is 2. The molecule has 0 spiro atoms. The van der Waals surface area contributed by atoms with Crippen molar-refractivity contribution in [2.45, 2.75) is 26.0 Å². The van der Waals surface area contributed by atoms with Gasteiger partial charge in [-0.2, -0.15) is 0 Å². The average molecular weight is 370 g/mol. The number of aliphatic hydroxyl groups is 1. The maximum Gasteiger partial charge on any atom is 0.337 e. The monoisotopic (exact) mass is 369 g/mol. The van der Waals surface area contributed by atoms with Gasteiger partial charge in [-0.1, -0.05) is 35.3 Å². The normalized spacial score (nSPS) is 12.0. The van der Waals surface area contributed by atoms with Crippen LogP contribution in [0.25, 0.3) is 0 Å². The Kier molecular flexibility index (Phi) is 6.04. The molecule has 1 aromatic heterocycles. The third-order valence-corrected chi connectivity index (χ3v) is 4.21. The number of aliphatic hydroxyl groups excluding tert-OH is 1. The van der Waals surface area contributed by atoms with Gasteiger partial charge in [-0.3, -0.25) is 4.79 Å². The van der Waals surface area contributed by atoms with Crippen molar-refractivity contribution >= 4 is 29.2 Å². The molecule has 24 heavy (non-hydrogen) atoms. The van der Waals surface area contributed by atoms with Crippen molar-refractivity contribution in [1.82, 2.24) is 4.57 Å². The Hall–Kier alpha value is -1.82. The summed E-state index contributed by atoms with van der Waals surface area (Å²) in [5.74, 6) is -0.407. The lowest BCUT2D eigenvalue weighted by Crippen LogP contribution is -2.26. The van der Waals surface area contributed by atoms with E-state index in [-0.39, 0.29) is 10.0 Å². The van der Waals surface area contributed by atoms with E-state index in [4.69, 9.17) is 23.2 Å². The van der Waals surface area contributed by atoms with Crippen LogP contribution in [0.2, 0.25) is 10.0 Å². The summed E-state index contributed by atoms with van der Waals surface area (Å²) < 4.78 is 6.03. The van der Waals surface area contributed by atoms with E-state index in [1.54, 1.807) is 24.3 Å². The number of nitrogens with zero attached hydrogens (tertiary/aromatic N) is 1. The first-order valence-electron chi connectivity index (χ1n) is 7.29. The number of aryl methyl sites for hydroxylation is 1. The molecule has 1 heterocycles. The SMILES string of the molecule is COC(=O)c1ccc(CCn2c(C(C)O)c(Cl)cc(Cl)c2=O)cc1. The second-order valence-electron chi connectivity index (χ2n) is 5.30. The summed E-state index contributed by atoms with van der Waals surface area (Å²) in [6, 6.07) is 8.22. The summed E-state index contributed by atoms with van der Waals surface area (Å²) >= 11 is 12.0. The van der Waals surface area contributed by atoms with Gasteiger partial charge in [0, 0.05) is 6.54 Å². The molecule has 0 saturated heterocycles. The van der Waals surface area contributed by atoms with E-state index >= 15 is 0 Å². The van der Waals surface area contributed by atoms with Crippen LogP contribution in [0.15, 0.2) is 35.1 Å². The Morgan fingerprint density at radius 3 is 2.42 bits per heavy atom. The zero-order valence-electron chi connectivity index (χ0n) is 13.3. The number of methoxy groups -OCH3 is 1. The van der Waals surface area contributed by atoms with Crippen LogP contribution in [0.5, 0.6) is 0 Å². The molecule has 0 aliphatic heterocycles. The van der Waals surface area contributed by atoms with Crippen LogP contribution in [-0.2, 0) is 17.7 Å². The van der Waals surface area contributed by atoms with E-state index in [1.807, 2.05) is 0 Å². The molecule has 0 amide bonds. The number of hydrogen-bond donors (Lipinski definition) is 1. The lowest BCUT2D eigenvalue weighted by atomic mass is 10.1. The highest BCUT2D eigenvalue weighted by Crippen LogP contribution is 2.24. The van der Waals surface area contributed by atoms with Gasteiger partial charge in [0.2, 0.25) is 0 Å². The zero-order valence-corrected chi connectivity index (χ0v) is 14.8. The smallest absolute Gasteiger partial charge is 0.337 e. The second-order valence-corrected chi connectivity index (χ2v) is 6.11. The zero-order chi connectivity index (χ0) is 17.9. The third-order valence-electron chi connectivity index (χ3n) is 3.63. The van der Waals surface area contributed by atoms with Crippen molar-refractivity contribution < 1.29 is 14.6 Å². The molecule has 1 atom stereocenters. The van der Waals surface area contributed by atoms with Crippen molar-refractivity contribution in [1.29, 1.82) is 0 Å². The summed E-state index contributed by atoms with van der Waals surface area (Å²) in [6.45, 7) is 1.84. The van der Waals surface area contributed by atoms with Crippen molar-refractivity contribution in [3.8, 4) is 0 Å². The first kappa shape index (κ1) is 18.5. The van der Waals surface area contributed by atoms with E-state index in [2.05, 4.69) is 4.74 Å². The quantitative estimate of drug-likeness (QED) is 0.821. The minimum Gasteiger partial charge on any atom is -0.465 e. The van der Waals surface area contributed by atoms with Crippen molar-refractivity contribution in [3.63, 3.8) is 0 Å². The lowest BCUT2D eigenvalue weighted by Gasteiger charge is -2.17. The predicted molar refractivity (Wildman–Crippen MR) is 92.8 cm³/mol. The minimum absolute atomic E-state index is 0.00504. The van der Waals surface area contributed by atoms with Gasteiger partial charge >= 0.3 is 5.97 Å². The van der Waals surface area contributed by atoms with Crippen molar-refractivity contribution in [2.24, 2.45) is 0 Å². The van der Waals surface area contributed by atoms with Crippen LogP contribution in [0, 0.1) is 0 Å². The number of hydrogen-bond acceptors (Lipinski definition) is 4. The molecule has 0 fully saturated rings. The molecule has 0 aliphatic carbocycles. The fourth-order valence-electron chi connectivity index (χ4n) is 2.43. The standard InChI is InChI=1S/C17H17Cl2NO4/c1-10(21)15-13(18)9-14(19)16(22)20(15)8-7-11-3-5-12(6-4-11)17(23)24-2/h3-6,9-10,21H,7-8H2,1-2H3. The van der Waals surface area contributed by atoms with E-state index in [0.29, 0.717) is 24.2 Å². The highest BCUT2D eigenvalue weighted by Gasteiger charge is 2.16. The number of aromatic nitrogens is 1. The molecule has 0 aliphatic rings. The number of esters is 1. The number of carbonyl (C=O) groups is 1. The summed E-state index contributed by atoms with van der Waals surface area (Å²) in [7, 11) is 1.32. The number of ether oxygens (including phenoxy) is 1. The van der Waals surface area contributed by atoms with Crippen LogP contribution in [-0.4, -0.2) is 22.8 Å². The Bertz CT molecular complexity index is 797. The summed E-state index contributed by atoms with van der Waals surface area (Å²) in [5, 5.41) is 10.1. The molecule has 1 unspecified atom stereocenters. The second kappa shape index (κ2) is 7.83. The fourth-order valence-corrected chi connectivity index (χ4v) is 3.06. The molecule has 0 saturated carbocycles. The van der Waals surface area contributed by atoms with Crippen molar-refractivity contribution in [3.05, 3.63) is 67.6 Å². The molecule has 2 aromatic rings. The number of benzene rings is 1. The number of pyridine rings is 1. The number of rotatable bonds is 5. The Morgan fingerprint density at radius 1 is 1.25 bits per heavy atom. The van der Waals surface area contributed by atoms with Crippen LogP contribution < -0.4 is 5.56 Å². The molecule has 7 heteroatoms. The van der Waals surface area contributed by atoms with Gasteiger partial charge in [0.1, 0.15) is 5.02 Å². The number of carbonyl (C=O) groups excluding carboxylic acids is 1. The molecule has 5 nitrogen and oxygen atoms in total. The molecule has 2 rings (SSSR count). The van der Waals surface area contributed by atoms with Gasteiger partial charge in [0.25, 0.3) is 5.56 Å². The highest BCUT2D eigenvalue weighted by atomic mass is 35.5. The highest BCUT2D eigenvalue weighted by molar-refractivity contribution is 6.34. The minimum atomic E-state index is -0.899. The topological polar surface area (TPSA) is 68.5 Å². The molecule has 128 valence electrons. The fraction of sp³-hybridized carbons (Fsp3) is 0.294. The maximum absolute atomic E-state index is 12.2. The van der Waals surface area contributed by atoms with Gasteiger partial charge in [0.15, 0.2) is 0 Å². The van der Waals surface area contributed by atoms with Gasteiger partial charge in [0.05, 0.1) is 29.5 Å². The molecular weight excluding hydrogens is 353 g/mol. The molecule has 1 aromatic carbocycles. The maximum atomic E-state index is 12.2. The Labute approximate surface area is 149 Å². The van der Waals surface area contributed by atoms with Crippen LogP contribution >= 0.6 is 23.2 Å². The van der Waals surface area contributed by atoms with Gasteiger partial charge in [-0.05, 0) is 37.1 Å². The Morgan fingerprint density at radius 2 is 1.88 bits per heavy atom. The predicted octanol–water partition coefficient (Wildman–Crippen LogP) is 3.24. The van der Waals surface area contributed by atoms with E-state index in [1.165, 1.54) is 24.7 Å². The summed E-state index contributed by atoms with van der Waals surface area (Å²) in [4.78, 5) is 23.7. The van der Waals surface area contributed by atoms with E-state index in [0.717, 1.165) is 5.56 Å². The van der Waals surface area contributed by atoms with Gasteiger partial charge < -0.3 is 14.4 Å². The average Bonchev–Trinajstić information content (AvgIpc) is 2.56. The molecule has 0 bridgehead atoms. The summed E-state index contributed by atoms with van der Waals surface area (Å²) in [5.41, 5.74) is 1.30. The Balaban J connectivity index is 2.26. The van der Waals surface area contributed by atoms with Crippen LogP contribution in [0.4, 0.5) is 0 Å². The van der Waals surface area contributed by atoms with Gasteiger partial charge in [-0.15, -0.1) is 0 Å². The first-order valence-corrected chi connectivity index (χ1v) is 8.04. The summed E-state index contributed by atoms with van der Waals surface area (Å²) in [6.07, 6.45) is -0.387. The van der Waals surface area contributed by atoms with Crippen molar-refractivity contribution in [2.75, 3.05) is 7.11 Å². The lowest BCUT2D eigenvalue weighted by molar-refractivity contribution is 0.0600. The first-order chi connectivity index (χ1) is 11.3. The van der Waals surface area contributed by atoms with E-state index in [9.17, 15) is 14.7 Å². The largest absolute Gasteiger partial charge is 0.465 e. The van der Waals surface area contributed by atoms with Gasteiger partial charge in [-0.25, -0.2) is 4.79 Å². The van der Waals surface area contributed by atoms with Crippen LogP contribution in [0.1, 0.15) is 34.6 Å². The molecule has 0 radical (unpaired) electrons. The third kappa shape index (κ3) is 3.98. The van der Waals surface area contributed by atoms with E-state index < -0.39 is 17.6 Å². The molecule has 1 N–H and O–H groups in total.